The highest BCUT2D eigenvalue weighted by Crippen LogP contribution is 2.50. The Bertz CT molecular complexity index is 765. The Balaban J connectivity index is 1.84. The molecule has 1 aliphatic carbocycles. The number of oxime groups is 1. The van der Waals surface area contributed by atoms with E-state index >= 15 is 0 Å². The van der Waals surface area contributed by atoms with E-state index in [0.717, 1.165) is 16.8 Å². The van der Waals surface area contributed by atoms with Gasteiger partial charge in [-0.05, 0) is 12.0 Å². The Morgan fingerprint density at radius 3 is 2.41 bits per heavy atom. The van der Waals surface area contributed by atoms with E-state index in [4.69, 9.17) is 4.84 Å². The fourth-order valence-electron chi connectivity index (χ4n) is 3.44. The van der Waals surface area contributed by atoms with Crippen molar-refractivity contribution in [1.29, 1.82) is 0 Å². The highest BCUT2D eigenvalue weighted by Gasteiger charge is 2.56. The number of hydrogen-bond donors (Lipinski definition) is 0. The molecule has 3 heteroatoms. The SMILES string of the molecule is O=C1ON=C(c2ccccc2)[C@@]12CC=C[C@@H]2c1ccccc1. The van der Waals surface area contributed by atoms with Crippen molar-refractivity contribution in [2.45, 2.75) is 12.3 Å². The van der Waals surface area contributed by atoms with Crippen LogP contribution >= 0.6 is 0 Å². The van der Waals surface area contributed by atoms with Gasteiger partial charge in [-0.15, -0.1) is 0 Å². The molecule has 2 aromatic carbocycles. The van der Waals surface area contributed by atoms with Crippen molar-refractivity contribution < 1.29 is 9.63 Å². The van der Waals surface area contributed by atoms with Crippen LogP contribution in [0.3, 0.4) is 0 Å². The van der Waals surface area contributed by atoms with E-state index in [1.165, 1.54) is 0 Å². The maximum atomic E-state index is 12.6. The van der Waals surface area contributed by atoms with Crippen molar-refractivity contribution in [3.63, 3.8) is 0 Å². The van der Waals surface area contributed by atoms with Gasteiger partial charge in [0.25, 0.3) is 0 Å². The number of carbonyl (C=O) groups is 1. The third kappa shape index (κ3) is 1.75. The third-order valence-corrected chi connectivity index (χ3v) is 4.51. The highest BCUT2D eigenvalue weighted by molar-refractivity contribution is 6.19. The minimum atomic E-state index is -0.733. The molecule has 3 nitrogen and oxygen atoms in total. The Hall–Kier alpha value is -2.68. The Morgan fingerprint density at radius 1 is 1.00 bits per heavy atom. The van der Waals surface area contributed by atoms with Crippen LogP contribution in [0.1, 0.15) is 23.5 Å². The molecule has 22 heavy (non-hydrogen) atoms. The number of rotatable bonds is 2. The molecule has 2 aromatic rings. The van der Waals surface area contributed by atoms with Gasteiger partial charge in [-0.3, -0.25) is 0 Å². The summed E-state index contributed by atoms with van der Waals surface area (Å²) < 4.78 is 0. The summed E-state index contributed by atoms with van der Waals surface area (Å²) in [6.45, 7) is 0. The van der Waals surface area contributed by atoms with Crippen molar-refractivity contribution in [3.05, 3.63) is 83.9 Å². The first-order valence-corrected chi connectivity index (χ1v) is 7.39. The van der Waals surface area contributed by atoms with Gasteiger partial charge in [-0.25, -0.2) is 4.79 Å². The van der Waals surface area contributed by atoms with E-state index in [1.54, 1.807) is 0 Å². The molecule has 1 heterocycles. The van der Waals surface area contributed by atoms with Crippen LogP contribution in [0.4, 0.5) is 0 Å². The van der Waals surface area contributed by atoms with Gasteiger partial charge in [0.2, 0.25) is 0 Å². The van der Waals surface area contributed by atoms with E-state index in [2.05, 4.69) is 29.4 Å². The highest BCUT2D eigenvalue weighted by atomic mass is 16.7. The maximum absolute atomic E-state index is 12.6. The van der Waals surface area contributed by atoms with E-state index in [-0.39, 0.29) is 11.9 Å². The summed E-state index contributed by atoms with van der Waals surface area (Å²) in [7, 11) is 0. The summed E-state index contributed by atoms with van der Waals surface area (Å²) in [5.41, 5.74) is 2.05. The summed E-state index contributed by atoms with van der Waals surface area (Å²) in [5, 5.41) is 4.13. The normalized spacial score (nSPS) is 26.3. The number of allylic oxidation sites excluding steroid dienone is 2. The lowest BCUT2D eigenvalue weighted by Crippen LogP contribution is -2.38. The molecule has 0 aromatic heterocycles. The molecule has 0 N–H and O–H groups in total. The summed E-state index contributed by atoms with van der Waals surface area (Å²) in [6.07, 6.45) is 4.78. The van der Waals surface area contributed by atoms with Crippen LogP contribution in [0, 0.1) is 5.41 Å². The molecule has 2 atom stereocenters. The molecule has 0 bridgehead atoms. The zero-order valence-corrected chi connectivity index (χ0v) is 12.0. The molecule has 2 aliphatic rings. The molecular formula is C19H15NO2. The minimum absolute atomic E-state index is 0.0392. The molecule has 0 unspecified atom stereocenters. The van der Waals surface area contributed by atoms with Crippen molar-refractivity contribution in [3.8, 4) is 0 Å². The monoisotopic (exact) mass is 289 g/mol. The first-order valence-electron chi connectivity index (χ1n) is 7.39. The van der Waals surface area contributed by atoms with Crippen molar-refractivity contribution in [1.82, 2.24) is 0 Å². The molecule has 0 radical (unpaired) electrons. The molecule has 0 amide bonds. The topological polar surface area (TPSA) is 38.7 Å². The standard InChI is InChI=1S/C19H15NO2/c21-18-19(17(20-22-18)15-10-5-2-6-11-15)13-7-12-16(19)14-8-3-1-4-9-14/h1-12,16H,13H2/t16-,19+/m1/s1. The van der Waals surface area contributed by atoms with Gasteiger partial charge in [-0.1, -0.05) is 78.0 Å². The first-order chi connectivity index (χ1) is 10.8. The molecule has 108 valence electrons. The zero-order chi connectivity index (χ0) is 15.0. The van der Waals surface area contributed by atoms with Gasteiger partial charge < -0.3 is 4.84 Å². The van der Waals surface area contributed by atoms with E-state index in [0.29, 0.717) is 6.42 Å². The lowest BCUT2D eigenvalue weighted by molar-refractivity contribution is -0.148. The third-order valence-electron chi connectivity index (χ3n) is 4.51. The lowest BCUT2D eigenvalue weighted by atomic mass is 9.69. The summed E-state index contributed by atoms with van der Waals surface area (Å²) >= 11 is 0. The second-order valence-electron chi connectivity index (χ2n) is 5.68. The van der Waals surface area contributed by atoms with E-state index < -0.39 is 5.41 Å². The molecule has 1 aliphatic heterocycles. The molecule has 0 saturated carbocycles. The van der Waals surface area contributed by atoms with Crippen LogP contribution in [-0.2, 0) is 9.63 Å². The smallest absolute Gasteiger partial charge is 0.317 e. The number of carbonyl (C=O) groups excluding carboxylic acids is 1. The number of nitrogens with zero attached hydrogens (tertiary/aromatic N) is 1. The van der Waals surface area contributed by atoms with Gasteiger partial charge in [-0.2, -0.15) is 0 Å². The second kappa shape index (κ2) is 4.95. The lowest BCUT2D eigenvalue weighted by Gasteiger charge is -2.28. The average molecular weight is 289 g/mol. The van der Waals surface area contributed by atoms with Crippen molar-refractivity contribution in [2.75, 3.05) is 0 Å². The number of benzene rings is 2. The predicted octanol–water partition coefficient (Wildman–Crippen LogP) is 3.68. The van der Waals surface area contributed by atoms with Gasteiger partial charge in [0, 0.05) is 11.5 Å². The quantitative estimate of drug-likeness (QED) is 0.625. The van der Waals surface area contributed by atoms with Crippen LogP contribution in [0.15, 0.2) is 78.0 Å². The van der Waals surface area contributed by atoms with Gasteiger partial charge >= 0.3 is 5.97 Å². The van der Waals surface area contributed by atoms with Crippen molar-refractivity contribution in [2.24, 2.45) is 10.6 Å². The zero-order valence-electron chi connectivity index (χ0n) is 12.0. The molecular weight excluding hydrogens is 274 g/mol. The second-order valence-corrected chi connectivity index (χ2v) is 5.68. The fourth-order valence-corrected chi connectivity index (χ4v) is 3.44. The van der Waals surface area contributed by atoms with Crippen LogP contribution in [-0.4, -0.2) is 11.7 Å². The molecule has 4 rings (SSSR count). The molecule has 1 spiro atoms. The van der Waals surface area contributed by atoms with Crippen LogP contribution in [0.5, 0.6) is 0 Å². The van der Waals surface area contributed by atoms with Crippen LogP contribution in [0.25, 0.3) is 0 Å². The summed E-state index contributed by atoms with van der Waals surface area (Å²) in [5.74, 6) is -0.298. The Morgan fingerprint density at radius 2 is 1.68 bits per heavy atom. The van der Waals surface area contributed by atoms with E-state index in [9.17, 15) is 4.79 Å². The van der Waals surface area contributed by atoms with Crippen LogP contribution < -0.4 is 0 Å². The van der Waals surface area contributed by atoms with Gasteiger partial charge in [0.05, 0.1) is 0 Å². The minimum Gasteiger partial charge on any atom is -0.317 e. The summed E-state index contributed by atoms with van der Waals surface area (Å²) in [4.78, 5) is 17.7. The molecule has 0 fully saturated rings. The van der Waals surface area contributed by atoms with E-state index in [1.807, 2.05) is 48.5 Å². The van der Waals surface area contributed by atoms with Crippen molar-refractivity contribution >= 4 is 11.7 Å². The first kappa shape index (κ1) is 13.0. The Kier molecular flexibility index (Phi) is 2.93. The number of hydrogen-bond acceptors (Lipinski definition) is 3. The largest absolute Gasteiger partial charge is 0.348 e. The fraction of sp³-hybridized carbons (Fsp3) is 0.158. The molecule has 0 saturated heterocycles. The van der Waals surface area contributed by atoms with Gasteiger partial charge in [0.1, 0.15) is 11.1 Å². The summed E-state index contributed by atoms with van der Waals surface area (Å²) in [6, 6.07) is 19.9. The average Bonchev–Trinajstić information content (AvgIpc) is 3.16. The van der Waals surface area contributed by atoms with Gasteiger partial charge in [0.15, 0.2) is 0 Å². The predicted molar refractivity (Wildman–Crippen MR) is 84.4 cm³/mol. The maximum Gasteiger partial charge on any atom is 0.348 e. The van der Waals surface area contributed by atoms with Crippen LogP contribution in [0.2, 0.25) is 0 Å². The Labute approximate surface area is 128 Å².